The highest BCUT2D eigenvalue weighted by Gasteiger charge is 2.24. The second-order valence-electron chi connectivity index (χ2n) is 6.39. The van der Waals surface area contributed by atoms with Gasteiger partial charge in [0.05, 0.1) is 4.90 Å². The molecule has 1 saturated carbocycles. The average molecular weight is 310 g/mol. The third-order valence-electron chi connectivity index (χ3n) is 4.51. The van der Waals surface area contributed by atoms with Crippen molar-refractivity contribution in [3.05, 3.63) is 23.3 Å². The van der Waals surface area contributed by atoms with E-state index in [1.165, 1.54) is 6.42 Å². The van der Waals surface area contributed by atoms with Gasteiger partial charge in [-0.2, -0.15) is 0 Å². The molecule has 0 spiro atoms. The van der Waals surface area contributed by atoms with Gasteiger partial charge in [0.15, 0.2) is 0 Å². The smallest absolute Gasteiger partial charge is 0.241 e. The van der Waals surface area contributed by atoms with Crippen molar-refractivity contribution in [3.63, 3.8) is 0 Å². The van der Waals surface area contributed by atoms with Crippen LogP contribution in [0.2, 0.25) is 0 Å². The average Bonchev–Trinajstić information content (AvgIpc) is 2.58. The van der Waals surface area contributed by atoms with Crippen LogP contribution >= 0.6 is 0 Å². The molecule has 0 radical (unpaired) electrons. The Balaban J connectivity index is 2.22. The summed E-state index contributed by atoms with van der Waals surface area (Å²) in [5, 5.41) is 0. The van der Waals surface area contributed by atoms with Crippen molar-refractivity contribution in [1.29, 1.82) is 0 Å². The minimum absolute atomic E-state index is 0.0427. The Morgan fingerprint density at radius 2 is 1.86 bits per heavy atom. The molecule has 1 aliphatic rings. The van der Waals surface area contributed by atoms with Gasteiger partial charge in [-0.25, -0.2) is 13.1 Å². The fourth-order valence-corrected chi connectivity index (χ4v) is 4.68. The molecule has 0 aromatic heterocycles. The maximum absolute atomic E-state index is 12.7. The first-order valence-corrected chi connectivity index (χ1v) is 9.17. The maximum atomic E-state index is 12.7. The number of hydrogen-bond acceptors (Lipinski definition) is 3. The molecule has 3 N–H and O–H groups in total. The Bertz CT molecular complexity index is 611. The second-order valence-corrected chi connectivity index (χ2v) is 8.07. The van der Waals surface area contributed by atoms with E-state index in [1.54, 1.807) is 6.07 Å². The van der Waals surface area contributed by atoms with E-state index in [4.69, 9.17) is 5.73 Å². The third kappa shape index (κ3) is 3.98. The summed E-state index contributed by atoms with van der Waals surface area (Å²) in [4.78, 5) is 0.317. The summed E-state index contributed by atoms with van der Waals surface area (Å²) in [6.07, 6.45) is 5.20. The molecule has 0 heterocycles. The molecular formula is C16H26N2O2S. The van der Waals surface area contributed by atoms with Crippen LogP contribution < -0.4 is 10.5 Å². The minimum Gasteiger partial charge on any atom is -0.399 e. The topological polar surface area (TPSA) is 72.2 Å². The van der Waals surface area contributed by atoms with Gasteiger partial charge in [-0.15, -0.1) is 0 Å². The number of sulfonamides is 1. The van der Waals surface area contributed by atoms with Crippen LogP contribution in [0.3, 0.4) is 0 Å². The van der Waals surface area contributed by atoms with Crippen molar-refractivity contribution in [2.45, 2.75) is 63.8 Å². The first kappa shape index (κ1) is 16.3. The number of anilines is 1. The molecule has 4 nitrogen and oxygen atoms in total. The molecule has 0 bridgehead atoms. The van der Waals surface area contributed by atoms with Crippen molar-refractivity contribution in [2.75, 3.05) is 5.73 Å². The molecule has 1 fully saturated rings. The van der Waals surface area contributed by atoms with Crippen molar-refractivity contribution < 1.29 is 8.42 Å². The van der Waals surface area contributed by atoms with Crippen LogP contribution in [0.25, 0.3) is 0 Å². The lowest BCUT2D eigenvalue weighted by molar-refractivity contribution is 0.484. The van der Waals surface area contributed by atoms with Gasteiger partial charge in [0, 0.05) is 11.7 Å². The Morgan fingerprint density at radius 1 is 1.14 bits per heavy atom. The zero-order valence-corrected chi connectivity index (χ0v) is 14.0. The lowest BCUT2D eigenvalue weighted by Gasteiger charge is -2.18. The highest BCUT2D eigenvalue weighted by Crippen LogP contribution is 2.26. The summed E-state index contributed by atoms with van der Waals surface area (Å²) in [7, 11) is -3.50. The van der Waals surface area contributed by atoms with E-state index in [1.807, 2.05) is 19.9 Å². The van der Waals surface area contributed by atoms with Crippen molar-refractivity contribution in [3.8, 4) is 0 Å². The standard InChI is InChI=1S/C16H26N2O2S/c1-11-5-4-6-15(8-7-11)18-21(19,20)16-10-14(17)9-12(2)13(16)3/h9-11,15,18H,4-8,17H2,1-3H3. The van der Waals surface area contributed by atoms with Crippen LogP contribution in [-0.4, -0.2) is 14.5 Å². The van der Waals surface area contributed by atoms with Crippen molar-refractivity contribution in [2.24, 2.45) is 5.92 Å². The third-order valence-corrected chi connectivity index (χ3v) is 6.16. The van der Waals surface area contributed by atoms with E-state index in [9.17, 15) is 8.42 Å². The first-order chi connectivity index (χ1) is 9.79. The molecule has 1 aromatic rings. The van der Waals surface area contributed by atoms with E-state index in [-0.39, 0.29) is 6.04 Å². The monoisotopic (exact) mass is 310 g/mol. The minimum atomic E-state index is -3.50. The van der Waals surface area contributed by atoms with Crippen molar-refractivity contribution in [1.82, 2.24) is 4.72 Å². The van der Waals surface area contributed by atoms with Crippen LogP contribution in [0, 0.1) is 19.8 Å². The summed E-state index contributed by atoms with van der Waals surface area (Å²) in [5.74, 6) is 0.691. The zero-order valence-electron chi connectivity index (χ0n) is 13.1. The Morgan fingerprint density at radius 3 is 2.57 bits per heavy atom. The van der Waals surface area contributed by atoms with Gasteiger partial charge in [0.1, 0.15) is 0 Å². The predicted octanol–water partition coefficient (Wildman–Crippen LogP) is 3.13. The number of nitrogens with two attached hydrogens (primary N) is 1. The number of aryl methyl sites for hydroxylation is 1. The normalized spacial score (nSPS) is 23.8. The van der Waals surface area contributed by atoms with Gasteiger partial charge in [-0.3, -0.25) is 0 Å². The number of hydrogen-bond donors (Lipinski definition) is 2. The van der Waals surface area contributed by atoms with Gasteiger partial charge < -0.3 is 5.73 Å². The second kappa shape index (κ2) is 6.36. The van der Waals surface area contributed by atoms with E-state index in [0.717, 1.165) is 36.8 Å². The predicted molar refractivity (Wildman–Crippen MR) is 86.7 cm³/mol. The number of nitrogens with one attached hydrogen (secondary N) is 1. The van der Waals surface area contributed by atoms with Gasteiger partial charge >= 0.3 is 0 Å². The summed E-state index contributed by atoms with van der Waals surface area (Å²) in [6.45, 7) is 5.96. The van der Waals surface area contributed by atoms with Crippen LogP contribution in [0.5, 0.6) is 0 Å². The van der Waals surface area contributed by atoms with Gasteiger partial charge in [-0.05, 0) is 62.3 Å². The molecular weight excluding hydrogens is 284 g/mol. The summed E-state index contributed by atoms with van der Waals surface area (Å²) in [5.41, 5.74) is 7.99. The van der Waals surface area contributed by atoms with Crippen molar-refractivity contribution >= 4 is 15.7 Å². The molecule has 1 aliphatic carbocycles. The molecule has 1 aromatic carbocycles. The molecule has 0 saturated heterocycles. The van der Waals surface area contributed by atoms with Crippen LogP contribution in [0.15, 0.2) is 17.0 Å². The summed E-state index contributed by atoms with van der Waals surface area (Å²) in [6, 6.07) is 3.41. The Hall–Kier alpha value is -1.07. The lowest BCUT2D eigenvalue weighted by Crippen LogP contribution is -2.35. The fourth-order valence-electron chi connectivity index (χ4n) is 3.02. The summed E-state index contributed by atoms with van der Waals surface area (Å²) >= 11 is 0. The van der Waals surface area contributed by atoms with Crippen LogP contribution in [0.4, 0.5) is 5.69 Å². The fraction of sp³-hybridized carbons (Fsp3) is 0.625. The Labute approximate surface area is 128 Å². The number of rotatable bonds is 3. The van der Waals surface area contributed by atoms with Crippen LogP contribution in [0.1, 0.15) is 50.2 Å². The molecule has 2 atom stereocenters. The molecule has 21 heavy (non-hydrogen) atoms. The molecule has 118 valence electrons. The SMILES string of the molecule is Cc1cc(N)cc(S(=O)(=O)NC2CCCC(C)CC2)c1C. The molecule has 2 unspecified atom stereocenters. The summed E-state index contributed by atoms with van der Waals surface area (Å²) < 4.78 is 28.2. The zero-order chi connectivity index (χ0) is 15.6. The van der Waals surface area contributed by atoms with E-state index in [2.05, 4.69) is 11.6 Å². The molecule has 2 rings (SSSR count). The first-order valence-electron chi connectivity index (χ1n) is 7.68. The number of nitrogen functional groups attached to an aromatic ring is 1. The maximum Gasteiger partial charge on any atom is 0.241 e. The van der Waals surface area contributed by atoms with Gasteiger partial charge in [-0.1, -0.05) is 19.8 Å². The highest BCUT2D eigenvalue weighted by atomic mass is 32.2. The van der Waals surface area contributed by atoms with E-state index >= 15 is 0 Å². The van der Waals surface area contributed by atoms with E-state index < -0.39 is 10.0 Å². The lowest BCUT2D eigenvalue weighted by atomic mass is 10.0. The quantitative estimate of drug-likeness (QED) is 0.665. The van der Waals surface area contributed by atoms with Gasteiger partial charge in [0.2, 0.25) is 10.0 Å². The van der Waals surface area contributed by atoms with Crippen LogP contribution in [-0.2, 0) is 10.0 Å². The Kier molecular flexibility index (Phi) is 4.94. The van der Waals surface area contributed by atoms with E-state index in [0.29, 0.717) is 16.5 Å². The molecule has 5 heteroatoms. The number of benzene rings is 1. The highest BCUT2D eigenvalue weighted by molar-refractivity contribution is 7.89. The largest absolute Gasteiger partial charge is 0.399 e. The van der Waals surface area contributed by atoms with Gasteiger partial charge in [0.25, 0.3) is 0 Å². The molecule has 0 amide bonds. The molecule has 0 aliphatic heterocycles.